The lowest BCUT2D eigenvalue weighted by Crippen LogP contribution is -2.36. The van der Waals surface area contributed by atoms with Crippen LogP contribution < -0.4 is 10.3 Å². The minimum absolute atomic E-state index is 0.579. The van der Waals surface area contributed by atoms with Crippen LogP contribution in [0.4, 0.5) is 5.95 Å². The molecule has 6 heteroatoms. The van der Waals surface area contributed by atoms with Crippen molar-refractivity contribution in [1.29, 1.82) is 0 Å². The fourth-order valence-corrected chi connectivity index (χ4v) is 4.69. The number of benzene rings is 2. The van der Waals surface area contributed by atoms with E-state index in [1.165, 1.54) is 35.4 Å². The molecule has 1 aliphatic heterocycles. The zero-order valence-electron chi connectivity index (χ0n) is 17.4. The second-order valence-corrected chi connectivity index (χ2v) is 8.40. The van der Waals surface area contributed by atoms with Crippen LogP contribution >= 0.6 is 0 Å². The molecule has 0 unspecified atom stereocenters. The number of rotatable bonds is 5. The molecule has 4 N–H and O–H groups in total. The highest BCUT2D eigenvalue weighted by Gasteiger charge is 2.24. The van der Waals surface area contributed by atoms with E-state index in [9.17, 15) is 0 Å². The van der Waals surface area contributed by atoms with Gasteiger partial charge in [0.2, 0.25) is 0 Å². The van der Waals surface area contributed by atoms with Gasteiger partial charge in [0.1, 0.15) is 11.0 Å². The maximum atomic E-state index is 6.30. The van der Waals surface area contributed by atoms with Gasteiger partial charge in [-0.1, -0.05) is 36.4 Å². The fourth-order valence-electron chi connectivity index (χ4n) is 4.69. The zero-order chi connectivity index (χ0) is 20.5. The van der Waals surface area contributed by atoms with Crippen LogP contribution in [0.2, 0.25) is 0 Å². The van der Waals surface area contributed by atoms with E-state index in [0.29, 0.717) is 11.9 Å². The van der Waals surface area contributed by atoms with Crippen LogP contribution in [0.25, 0.3) is 11.0 Å². The summed E-state index contributed by atoms with van der Waals surface area (Å²) in [5.74, 6) is 1.27. The minimum Gasteiger partial charge on any atom is -0.348 e. The first kappa shape index (κ1) is 18.9. The van der Waals surface area contributed by atoms with E-state index < -0.39 is 0 Å². The molecule has 0 radical (unpaired) electrons. The van der Waals surface area contributed by atoms with E-state index in [4.69, 9.17) is 5.73 Å². The normalized spacial score (nSPS) is 15.8. The highest BCUT2D eigenvalue weighted by molar-refractivity contribution is 5.73. The second kappa shape index (κ2) is 7.95. The summed E-state index contributed by atoms with van der Waals surface area (Å²) >= 11 is 0. The lowest BCUT2D eigenvalue weighted by Gasteiger charge is -2.31. The maximum Gasteiger partial charge on any atom is 0.353 e. The third-order valence-electron chi connectivity index (χ3n) is 6.34. The Morgan fingerprint density at radius 1 is 1.10 bits per heavy atom. The number of likely N-dealkylation sites (tertiary alicyclic amines) is 1. The fraction of sp³-hybridized carbons (Fsp3) is 0.333. The SMILES string of the molecule is Cc1[nH]cnc1C1CCN(Cc2ccc3c(c2)[nH]c(N)[n+]3Cc2ccccc2)CC1. The predicted molar refractivity (Wildman–Crippen MR) is 119 cm³/mol. The van der Waals surface area contributed by atoms with Gasteiger partial charge in [-0.05, 0) is 56.1 Å². The van der Waals surface area contributed by atoms with Gasteiger partial charge in [0, 0.05) is 18.2 Å². The number of nitrogens with zero attached hydrogens (tertiary/aromatic N) is 3. The summed E-state index contributed by atoms with van der Waals surface area (Å²) in [7, 11) is 0. The molecule has 0 bridgehead atoms. The molecule has 30 heavy (non-hydrogen) atoms. The van der Waals surface area contributed by atoms with Gasteiger partial charge in [0.25, 0.3) is 0 Å². The van der Waals surface area contributed by atoms with Crippen LogP contribution in [0, 0.1) is 6.92 Å². The molecule has 2 aromatic heterocycles. The Hall–Kier alpha value is -3.12. The lowest BCUT2D eigenvalue weighted by atomic mass is 9.92. The first-order valence-electron chi connectivity index (χ1n) is 10.7. The lowest BCUT2D eigenvalue weighted by molar-refractivity contribution is -0.647. The van der Waals surface area contributed by atoms with Crippen LogP contribution in [-0.2, 0) is 13.1 Å². The third kappa shape index (κ3) is 3.71. The molecule has 0 amide bonds. The number of hydrogen-bond donors (Lipinski definition) is 3. The van der Waals surface area contributed by atoms with E-state index in [1.807, 2.05) is 12.4 Å². The predicted octanol–water partition coefficient (Wildman–Crippen LogP) is 3.50. The standard InChI is InChI=1S/C24H28N6/c1-17-23(27-16-26-17)20-9-11-29(12-10-20)14-19-7-8-22-21(13-19)28-24(25)30(22)15-18-5-3-2-4-6-18/h2-8,13,16,20H,9-12,14-15H2,1H3,(H3,25,26,27,28)/p+1. The average molecular weight is 402 g/mol. The van der Waals surface area contributed by atoms with E-state index in [1.54, 1.807) is 0 Å². The smallest absolute Gasteiger partial charge is 0.348 e. The Labute approximate surface area is 176 Å². The molecule has 1 aliphatic rings. The average Bonchev–Trinajstić information content (AvgIpc) is 3.32. The van der Waals surface area contributed by atoms with Gasteiger partial charge in [-0.15, -0.1) is 0 Å². The van der Waals surface area contributed by atoms with Gasteiger partial charge in [-0.25, -0.2) is 14.5 Å². The van der Waals surface area contributed by atoms with Gasteiger partial charge in [-0.3, -0.25) is 10.6 Å². The number of nitrogens with one attached hydrogen (secondary N) is 2. The summed E-state index contributed by atoms with van der Waals surface area (Å²) in [4.78, 5) is 13.7. The van der Waals surface area contributed by atoms with Crippen molar-refractivity contribution >= 4 is 17.0 Å². The summed E-state index contributed by atoms with van der Waals surface area (Å²) in [5, 5.41) is 0. The van der Waals surface area contributed by atoms with E-state index in [0.717, 1.165) is 37.2 Å². The summed E-state index contributed by atoms with van der Waals surface area (Å²) in [6.45, 7) is 6.08. The van der Waals surface area contributed by atoms with Crippen molar-refractivity contribution in [1.82, 2.24) is 19.9 Å². The summed E-state index contributed by atoms with van der Waals surface area (Å²) in [5.41, 5.74) is 13.6. The molecule has 4 aromatic rings. The number of imidazole rings is 2. The topological polar surface area (TPSA) is 77.6 Å². The van der Waals surface area contributed by atoms with Gasteiger partial charge in [0.05, 0.1) is 18.6 Å². The Bertz CT molecular complexity index is 1140. The Morgan fingerprint density at radius 2 is 1.90 bits per heavy atom. The molecular weight excluding hydrogens is 372 g/mol. The van der Waals surface area contributed by atoms with Gasteiger partial charge < -0.3 is 4.98 Å². The van der Waals surface area contributed by atoms with Gasteiger partial charge in [0.15, 0.2) is 0 Å². The maximum absolute atomic E-state index is 6.30. The number of piperidine rings is 1. The molecule has 6 nitrogen and oxygen atoms in total. The summed E-state index contributed by atoms with van der Waals surface area (Å²) in [6.07, 6.45) is 4.15. The third-order valence-corrected chi connectivity index (χ3v) is 6.34. The van der Waals surface area contributed by atoms with Crippen molar-refractivity contribution in [2.24, 2.45) is 0 Å². The van der Waals surface area contributed by atoms with Crippen LogP contribution in [0.3, 0.4) is 0 Å². The number of aryl methyl sites for hydroxylation is 1. The van der Waals surface area contributed by atoms with Gasteiger partial charge in [-0.2, -0.15) is 0 Å². The number of aromatic amines is 2. The van der Waals surface area contributed by atoms with Crippen LogP contribution in [0.5, 0.6) is 0 Å². The van der Waals surface area contributed by atoms with Crippen molar-refractivity contribution in [3.05, 3.63) is 77.4 Å². The van der Waals surface area contributed by atoms with Crippen molar-refractivity contribution < 1.29 is 4.57 Å². The van der Waals surface area contributed by atoms with Crippen LogP contribution in [0.1, 0.15) is 41.3 Å². The number of H-pyrrole nitrogens is 2. The van der Waals surface area contributed by atoms with Crippen molar-refractivity contribution in [2.45, 2.75) is 38.8 Å². The molecule has 5 rings (SSSR count). The van der Waals surface area contributed by atoms with Crippen molar-refractivity contribution in [3.63, 3.8) is 0 Å². The first-order valence-corrected chi connectivity index (χ1v) is 10.7. The number of aromatic nitrogens is 4. The molecule has 1 fully saturated rings. The molecule has 0 saturated carbocycles. The Morgan fingerprint density at radius 3 is 2.63 bits per heavy atom. The Balaban J connectivity index is 1.28. The number of nitrogens with two attached hydrogens (primary N) is 1. The van der Waals surface area contributed by atoms with Crippen molar-refractivity contribution in [2.75, 3.05) is 18.8 Å². The number of fused-ring (bicyclic) bond motifs is 1. The summed E-state index contributed by atoms with van der Waals surface area (Å²) < 4.78 is 2.14. The molecule has 154 valence electrons. The highest BCUT2D eigenvalue weighted by Crippen LogP contribution is 2.29. The van der Waals surface area contributed by atoms with Crippen molar-refractivity contribution in [3.8, 4) is 0 Å². The largest absolute Gasteiger partial charge is 0.353 e. The van der Waals surface area contributed by atoms with Gasteiger partial charge >= 0.3 is 5.95 Å². The van der Waals surface area contributed by atoms with Crippen LogP contribution in [-0.4, -0.2) is 32.9 Å². The van der Waals surface area contributed by atoms with E-state index in [-0.39, 0.29) is 0 Å². The summed E-state index contributed by atoms with van der Waals surface area (Å²) in [6, 6.07) is 17.1. The molecular formula is C24H29N6+. The molecule has 1 saturated heterocycles. The number of nitrogen functional groups attached to an aromatic ring is 1. The minimum atomic E-state index is 0.579. The number of anilines is 1. The Kier molecular flexibility index (Phi) is 5.01. The first-order chi connectivity index (χ1) is 14.7. The molecule has 0 spiro atoms. The number of hydrogen-bond acceptors (Lipinski definition) is 3. The van der Waals surface area contributed by atoms with Crippen LogP contribution in [0.15, 0.2) is 54.9 Å². The molecule has 0 aliphatic carbocycles. The quantitative estimate of drug-likeness (QED) is 0.448. The molecule has 3 heterocycles. The monoisotopic (exact) mass is 401 g/mol. The highest BCUT2D eigenvalue weighted by atomic mass is 15.2. The van der Waals surface area contributed by atoms with E-state index in [2.05, 4.69) is 73.8 Å². The van der Waals surface area contributed by atoms with E-state index >= 15 is 0 Å². The second-order valence-electron chi connectivity index (χ2n) is 8.40. The zero-order valence-corrected chi connectivity index (χ0v) is 17.4. The molecule has 2 aromatic carbocycles. The molecule has 0 atom stereocenters.